The van der Waals surface area contributed by atoms with Crippen molar-refractivity contribution in [3.05, 3.63) is 42.6 Å². The van der Waals surface area contributed by atoms with Gasteiger partial charge in [0.05, 0.1) is 12.8 Å². The number of aromatic nitrogens is 2. The first-order valence-corrected chi connectivity index (χ1v) is 6.20. The minimum absolute atomic E-state index is 0.0755. The summed E-state index contributed by atoms with van der Waals surface area (Å²) >= 11 is 0. The second kappa shape index (κ2) is 5.34. The van der Waals surface area contributed by atoms with Crippen molar-refractivity contribution in [1.82, 2.24) is 9.97 Å². The topological polar surface area (TPSA) is 55.3 Å². The number of carbonyl (C=O) groups excluding carboxylic acids is 1. The highest BCUT2D eigenvalue weighted by atomic mass is 19.1. The Hall–Kier alpha value is -2.34. The van der Waals surface area contributed by atoms with Gasteiger partial charge in [0.15, 0.2) is 5.82 Å². The van der Waals surface area contributed by atoms with E-state index in [0.717, 1.165) is 6.20 Å². The molecule has 1 aliphatic heterocycles. The van der Waals surface area contributed by atoms with Crippen LogP contribution in [-0.2, 0) is 9.53 Å². The first-order valence-electron chi connectivity index (χ1n) is 6.20. The summed E-state index contributed by atoms with van der Waals surface area (Å²) in [5.41, 5.74) is 1.55. The second-order valence-electron chi connectivity index (χ2n) is 4.37. The van der Waals surface area contributed by atoms with Crippen molar-refractivity contribution in [3.63, 3.8) is 0 Å². The van der Waals surface area contributed by atoms with E-state index in [2.05, 4.69) is 9.97 Å². The number of benzene rings is 1. The SMILES string of the molecule is O=C1COCCN1c1cccc(-c2ncncc2F)c1. The number of anilines is 1. The van der Waals surface area contributed by atoms with Crippen LogP contribution in [0.1, 0.15) is 0 Å². The Morgan fingerprint density at radius 3 is 3.05 bits per heavy atom. The third-order valence-electron chi connectivity index (χ3n) is 3.08. The summed E-state index contributed by atoms with van der Waals surface area (Å²) in [6.45, 7) is 1.07. The normalized spacial score (nSPS) is 15.4. The average Bonchev–Trinajstić information content (AvgIpc) is 2.48. The van der Waals surface area contributed by atoms with Crippen molar-refractivity contribution >= 4 is 11.6 Å². The summed E-state index contributed by atoms with van der Waals surface area (Å²) in [5.74, 6) is -0.588. The molecule has 5 nitrogen and oxygen atoms in total. The van der Waals surface area contributed by atoms with E-state index in [-0.39, 0.29) is 18.2 Å². The van der Waals surface area contributed by atoms with Gasteiger partial charge in [-0.2, -0.15) is 0 Å². The molecule has 0 saturated carbocycles. The van der Waals surface area contributed by atoms with E-state index in [1.165, 1.54) is 6.33 Å². The molecule has 3 rings (SSSR count). The fourth-order valence-corrected chi connectivity index (χ4v) is 2.14. The van der Waals surface area contributed by atoms with E-state index >= 15 is 0 Å². The molecule has 1 amide bonds. The van der Waals surface area contributed by atoms with Crippen LogP contribution in [-0.4, -0.2) is 35.6 Å². The molecular formula is C14H12FN3O2. The molecule has 0 bridgehead atoms. The Morgan fingerprint density at radius 2 is 2.25 bits per heavy atom. The van der Waals surface area contributed by atoms with E-state index in [1.54, 1.807) is 23.1 Å². The highest BCUT2D eigenvalue weighted by molar-refractivity contribution is 5.95. The number of ether oxygens (including phenoxy) is 1. The maximum absolute atomic E-state index is 13.7. The van der Waals surface area contributed by atoms with Crippen molar-refractivity contribution in [2.45, 2.75) is 0 Å². The maximum atomic E-state index is 13.7. The Bertz CT molecular complexity index is 648. The lowest BCUT2D eigenvalue weighted by molar-refractivity contribution is -0.125. The zero-order valence-corrected chi connectivity index (χ0v) is 10.6. The van der Waals surface area contributed by atoms with Crippen LogP contribution in [0.5, 0.6) is 0 Å². The van der Waals surface area contributed by atoms with Crippen LogP contribution < -0.4 is 4.90 Å². The molecule has 1 fully saturated rings. The van der Waals surface area contributed by atoms with Gasteiger partial charge in [-0.1, -0.05) is 12.1 Å². The minimum Gasteiger partial charge on any atom is -0.370 e. The van der Waals surface area contributed by atoms with E-state index in [4.69, 9.17) is 4.74 Å². The smallest absolute Gasteiger partial charge is 0.253 e. The lowest BCUT2D eigenvalue weighted by Crippen LogP contribution is -2.41. The van der Waals surface area contributed by atoms with Crippen LogP contribution in [0.3, 0.4) is 0 Å². The lowest BCUT2D eigenvalue weighted by Gasteiger charge is -2.27. The number of carbonyl (C=O) groups is 1. The summed E-state index contributed by atoms with van der Waals surface area (Å²) < 4.78 is 18.8. The summed E-state index contributed by atoms with van der Waals surface area (Å²) in [5, 5.41) is 0. The van der Waals surface area contributed by atoms with Gasteiger partial charge in [-0.25, -0.2) is 14.4 Å². The number of nitrogens with zero attached hydrogens (tertiary/aromatic N) is 3. The molecule has 1 saturated heterocycles. The molecule has 2 aromatic rings. The van der Waals surface area contributed by atoms with Crippen LogP contribution in [0.2, 0.25) is 0 Å². The zero-order valence-electron chi connectivity index (χ0n) is 10.6. The third kappa shape index (κ3) is 2.37. The Kier molecular flexibility index (Phi) is 3.39. The molecule has 6 heteroatoms. The van der Waals surface area contributed by atoms with Crippen LogP contribution >= 0.6 is 0 Å². The fraction of sp³-hybridized carbons (Fsp3) is 0.214. The molecular weight excluding hydrogens is 261 g/mol. The van der Waals surface area contributed by atoms with Crippen LogP contribution in [0.4, 0.5) is 10.1 Å². The van der Waals surface area contributed by atoms with Crippen molar-refractivity contribution in [2.75, 3.05) is 24.7 Å². The molecule has 0 unspecified atom stereocenters. The number of hydrogen-bond donors (Lipinski definition) is 0. The standard InChI is InChI=1S/C14H12FN3O2/c15-12-7-16-9-17-14(12)10-2-1-3-11(6-10)18-4-5-20-8-13(18)19/h1-3,6-7,9H,4-5,8H2. The molecule has 1 aromatic carbocycles. The van der Waals surface area contributed by atoms with Crippen molar-refractivity contribution in [2.24, 2.45) is 0 Å². The Morgan fingerprint density at radius 1 is 1.35 bits per heavy atom. The number of hydrogen-bond acceptors (Lipinski definition) is 4. The van der Waals surface area contributed by atoms with Gasteiger partial charge in [0.25, 0.3) is 5.91 Å². The van der Waals surface area contributed by atoms with E-state index in [9.17, 15) is 9.18 Å². The lowest BCUT2D eigenvalue weighted by atomic mass is 10.1. The molecule has 1 aliphatic rings. The molecule has 2 heterocycles. The number of morpholine rings is 1. The minimum atomic E-state index is -0.488. The molecule has 20 heavy (non-hydrogen) atoms. The van der Waals surface area contributed by atoms with Gasteiger partial charge < -0.3 is 9.64 Å². The summed E-state index contributed by atoms with van der Waals surface area (Å²) in [6.07, 6.45) is 2.42. The molecule has 0 spiro atoms. The molecule has 0 atom stereocenters. The molecule has 1 aromatic heterocycles. The summed E-state index contributed by atoms with van der Waals surface area (Å²) in [4.78, 5) is 21.0. The van der Waals surface area contributed by atoms with E-state index in [0.29, 0.717) is 24.4 Å². The highest BCUT2D eigenvalue weighted by Crippen LogP contribution is 2.25. The van der Waals surface area contributed by atoms with E-state index in [1.807, 2.05) is 6.07 Å². The molecule has 0 aliphatic carbocycles. The van der Waals surface area contributed by atoms with Gasteiger partial charge >= 0.3 is 0 Å². The molecule has 0 N–H and O–H groups in total. The third-order valence-corrected chi connectivity index (χ3v) is 3.08. The van der Waals surface area contributed by atoms with Gasteiger partial charge in [-0.3, -0.25) is 4.79 Å². The molecule has 0 radical (unpaired) electrons. The van der Waals surface area contributed by atoms with Gasteiger partial charge in [0, 0.05) is 17.8 Å². The predicted molar refractivity (Wildman–Crippen MR) is 70.6 cm³/mol. The van der Waals surface area contributed by atoms with Gasteiger partial charge in [0.1, 0.15) is 18.6 Å². The van der Waals surface area contributed by atoms with Crippen LogP contribution in [0, 0.1) is 5.82 Å². The Labute approximate surface area is 115 Å². The summed E-state index contributed by atoms with van der Waals surface area (Å²) in [7, 11) is 0. The quantitative estimate of drug-likeness (QED) is 0.834. The number of amides is 1. The number of halogens is 1. The van der Waals surface area contributed by atoms with Crippen molar-refractivity contribution in [3.8, 4) is 11.3 Å². The molecule has 102 valence electrons. The van der Waals surface area contributed by atoms with Crippen LogP contribution in [0.25, 0.3) is 11.3 Å². The first kappa shape index (κ1) is 12.7. The van der Waals surface area contributed by atoms with E-state index < -0.39 is 5.82 Å². The fourth-order valence-electron chi connectivity index (χ4n) is 2.14. The highest BCUT2D eigenvalue weighted by Gasteiger charge is 2.20. The summed E-state index contributed by atoms with van der Waals surface area (Å²) in [6, 6.07) is 7.08. The zero-order chi connectivity index (χ0) is 13.9. The van der Waals surface area contributed by atoms with Crippen molar-refractivity contribution < 1.29 is 13.9 Å². The Balaban J connectivity index is 1.98. The predicted octanol–water partition coefficient (Wildman–Crippen LogP) is 1.65. The number of rotatable bonds is 2. The maximum Gasteiger partial charge on any atom is 0.253 e. The monoisotopic (exact) mass is 273 g/mol. The first-order chi connectivity index (χ1) is 9.75. The van der Waals surface area contributed by atoms with Crippen LogP contribution in [0.15, 0.2) is 36.8 Å². The second-order valence-corrected chi connectivity index (χ2v) is 4.37. The van der Waals surface area contributed by atoms with Crippen molar-refractivity contribution in [1.29, 1.82) is 0 Å². The largest absolute Gasteiger partial charge is 0.370 e. The average molecular weight is 273 g/mol. The van der Waals surface area contributed by atoms with Gasteiger partial charge in [0.2, 0.25) is 0 Å². The van der Waals surface area contributed by atoms with Gasteiger partial charge in [-0.15, -0.1) is 0 Å². The van der Waals surface area contributed by atoms with Gasteiger partial charge in [-0.05, 0) is 12.1 Å².